The number of halogens is 1. The molecule has 0 fully saturated rings. The molecular formula is C12H12FNO2. The molecule has 1 aliphatic heterocycles. The summed E-state index contributed by atoms with van der Waals surface area (Å²) in [6, 6.07) is 4.04. The van der Waals surface area contributed by atoms with Gasteiger partial charge in [-0.15, -0.1) is 0 Å². The van der Waals surface area contributed by atoms with E-state index >= 15 is 0 Å². The van der Waals surface area contributed by atoms with Crippen LogP contribution < -0.4 is 0 Å². The Morgan fingerprint density at radius 2 is 2.31 bits per heavy atom. The Hall–Kier alpha value is -1.71. The highest BCUT2D eigenvalue weighted by molar-refractivity contribution is 6.02. The van der Waals surface area contributed by atoms with Gasteiger partial charge in [0.05, 0.1) is 7.11 Å². The summed E-state index contributed by atoms with van der Waals surface area (Å²) < 4.78 is 17.7. The maximum atomic E-state index is 13.0. The van der Waals surface area contributed by atoms with Gasteiger partial charge in [-0.25, -0.2) is 9.18 Å². The molecule has 3 nitrogen and oxygen atoms in total. The van der Waals surface area contributed by atoms with Crippen LogP contribution in [0.5, 0.6) is 0 Å². The normalized spacial score (nSPS) is 18.7. The maximum Gasteiger partial charge on any atom is 0.330 e. The van der Waals surface area contributed by atoms with Crippen molar-refractivity contribution in [2.45, 2.75) is 19.4 Å². The lowest BCUT2D eigenvalue weighted by atomic mass is 9.94. The zero-order valence-electron chi connectivity index (χ0n) is 9.16. The molecule has 1 aromatic carbocycles. The molecule has 4 heteroatoms. The van der Waals surface area contributed by atoms with E-state index in [0.29, 0.717) is 12.1 Å². The average molecular weight is 221 g/mol. The van der Waals surface area contributed by atoms with E-state index in [0.717, 1.165) is 11.1 Å². The smallest absolute Gasteiger partial charge is 0.330 e. The minimum Gasteiger partial charge on any atom is -0.467 e. The van der Waals surface area contributed by atoms with Gasteiger partial charge >= 0.3 is 5.97 Å². The molecule has 0 spiro atoms. The molecule has 1 heterocycles. The molecule has 0 saturated heterocycles. The van der Waals surface area contributed by atoms with Crippen molar-refractivity contribution in [3.8, 4) is 0 Å². The molecule has 84 valence electrons. The summed E-state index contributed by atoms with van der Waals surface area (Å²) in [6.07, 6.45) is 0.472. The van der Waals surface area contributed by atoms with Crippen LogP contribution in [0.3, 0.4) is 0 Å². The SMILES string of the molecule is COC(=O)C1Cc2ccc(F)cc2C(C)=N1. The van der Waals surface area contributed by atoms with E-state index in [4.69, 9.17) is 0 Å². The summed E-state index contributed by atoms with van der Waals surface area (Å²) in [5.74, 6) is -0.640. The van der Waals surface area contributed by atoms with Crippen molar-refractivity contribution in [3.63, 3.8) is 0 Å². The van der Waals surface area contributed by atoms with Gasteiger partial charge in [0, 0.05) is 17.7 Å². The monoisotopic (exact) mass is 221 g/mol. The van der Waals surface area contributed by atoms with Crippen molar-refractivity contribution in [3.05, 3.63) is 35.1 Å². The number of carbonyl (C=O) groups excluding carboxylic acids is 1. The maximum absolute atomic E-state index is 13.0. The molecular weight excluding hydrogens is 209 g/mol. The molecule has 0 aliphatic carbocycles. The molecule has 0 radical (unpaired) electrons. The van der Waals surface area contributed by atoms with Crippen molar-refractivity contribution < 1.29 is 13.9 Å². The number of fused-ring (bicyclic) bond motifs is 1. The first kappa shape index (κ1) is 10.8. The topological polar surface area (TPSA) is 38.7 Å². The summed E-state index contributed by atoms with van der Waals surface area (Å²) in [5.41, 5.74) is 2.39. The first-order chi connectivity index (χ1) is 7.61. The van der Waals surface area contributed by atoms with E-state index in [-0.39, 0.29) is 11.8 Å². The molecule has 1 aliphatic rings. The summed E-state index contributed by atoms with van der Waals surface area (Å²) in [4.78, 5) is 15.6. The molecule has 16 heavy (non-hydrogen) atoms. The van der Waals surface area contributed by atoms with E-state index < -0.39 is 6.04 Å². The number of benzene rings is 1. The number of aliphatic imine (C=N–C) groups is 1. The third kappa shape index (κ3) is 1.83. The standard InChI is InChI=1S/C12H12FNO2/c1-7-10-6-9(13)4-3-8(10)5-11(14-7)12(15)16-2/h3-4,6,11H,5H2,1-2H3. The average Bonchev–Trinajstić information content (AvgIpc) is 2.28. The fourth-order valence-corrected chi connectivity index (χ4v) is 1.89. The molecule has 0 saturated carbocycles. The Kier molecular flexibility index (Phi) is 2.73. The van der Waals surface area contributed by atoms with Gasteiger partial charge in [0.2, 0.25) is 0 Å². The van der Waals surface area contributed by atoms with Gasteiger partial charge in [0.25, 0.3) is 0 Å². The second kappa shape index (κ2) is 4.04. The Labute approximate surface area is 93.0 Å². The molecule has 0 amide bonds. The lowest BCUT2D eigenvalue weighted by Crippen LogP contribution is -2.28. The minimum atomic E-state index is -0.497. The second-order valence-electron chi connectivity index (χ2n) is 3.76. The molecule has 0 bridgehead atoms. The van der Waals surface area contributed by atoms with Gasteiger partial charge in [-0.2, -0.15) is 0 Å². The van der Waals surface area contributed by atoms with Crippen molar-refractivity contribution in [1.29, 1.82) is 0 Å². The molecule has 1 atom stereocenters. The highest BCUT2D eigenvalue weighted by Crippen LogP contribution is 2.21. The first-order valence-corrected chi connectivity index (χ1v) is 5.03. The predicted octanol–water partition coefficient (Wildman–Crippen LogP) is 1.73. The van der Waals surface area contributed by atoms with E-state index in [1.807, 2.05) is 0 Å². The lowest BCUT2D eigenvalue weighted by molar-refractivity contribution is -0.142. The van der Waals surface area contributed by atoms with Gasteiger partial charge in [0.1, 0.15) is 5.82 Å². The van der Waals surface area contributed by atoms with E-state index in [2.05, 4.69) is 9.73 Å². The highest BCUT2D eigenvalue weighted by atomic mass is 19.1. The number of esters is 1. The third-order valence-corrected chi connectivity index (χ3v) is 2.70. The van der Waals surface area contributed by atoms with Crippen LogP contribution in [0.15, 0.2) is 23.2 Å². The second-order valence-corrected chi connectivity index (χ2v) is 3.76. The van der Waals surface area contributed by atoms with Gasteiger partial charge in [0.15, 0.2) is 6.04 Å². The number of carbonyl (C=O) groups is 1. The van der Waals surface area contributed by atoms with Crippen molar-refractivity contribution >= 4 is 11.7 Å². The van der Waals surface area contributed by atoms with Gasteiger partial charge in [-0.3, -0.25) is 4.99 Å². The number of hydrogen-bond donors (Lipinski definition) is 0. The van der Waals surface area contributed by atoms with E-state index in [1.165, 1.54) is 19.2 Å². The number of ether oxygens (including phenoxy) is 1. The minimum absolute atomic E-state index is 0.287. The largest absolute Gasteiger partial charge is 0.467 e. The Morgan fingerprint density at radius 3 is 3.00 bits per heavy atom. The Morgan fingerprint density at radius 1 is 1.56 bits per heavy atom. The number of methoxy groups -OCH3 is 1. The zero-order chi connectivity index (χ0) is 11.7. The number of nitrogens with zero attached hydrogens (tertiary/aromatic N) is 1. The Bertz CT molecular complexity index is 468. The first-order valence-electron chi connectivity index (χ1n) is 5.03. The summed E-state index contributed by atoms with van der Waals surface area (Å²) in [7, 11) is 1.34. The molecule has 0 aromatic heterocycles. The van der Waals surface area contributed by atoms with Crippen LogP contribution in [0, 0.1) is 5.82 Å². The number of hydrogen-bond acceptors (Lipinski definition) is 3. The van der Waals surface area contributed by atoms with Gasteiger partial charge in [-0.05, 0) is 24.6 Å². The van der Waals surface area contributed by atoms with Crippen molar-refractivity contribution in [1.82, 2.24) is 0 Å². The zero-order valence-corrected chi connectivity index (χ0v) is 9.16. The van der Waals surface area contributed by atoms with Crippen LogP contribution in [0.2, 0.25) is 0 Å². The molecule has 1 unspecified atom stereocenters. The predicted molar refractivity (Wildman–Crippen MR) is 58.1 cm³/mol. The molecule has 1 aromatic rings. The van der Waals surface area contributed by atoms with Crippen LogP contribution in [-0.2, 0) is 16.0 Å². The fraction of sp³-hybridized carbons (Fsp3) is 0.333. The summed E-state index contributed by atoms with van der Waals surface area (Å²) in [5, 5.41) is 0. The fourth-order valence-electron chi connectivity index (χ4n) is 1.89. The van der Waals surface area contributed by atoms with Crippen molar-refractivity contribution in [2.75, 3.05) is 7.11 Å². The summed E-state index contributed by atoms with van der Waals surface area (Å²) >= 11 is 0. The number of rotatable bonds is 1. The van der Waals surface area contributed by atoms with Crippen molar-refractivity contribution in [2.24, 2.45) is 4.99 Å². The highest BCUT2D eigenvalue weighted by Gasteiger charge is 2.25. The van der Waals surface area contributed by atoms with E-state index in [9.17, 15) is 9.18 Å². The summed E-state index contributed by atoms with van der Waals surface area (Å²) in [6.45, 7) is 1.77. The van der Waals surface area contributed by atoms with Gasteiger partial charge in [-0.1, -0.05) is 6.07 Å². The van der Waals surface area contributed by atoms with Crippen LogP contribution in [-0.4, -0.2) is 24.8 Å². The quantitative estimate of drug-likeness (QED) is 0.677. The van der Waals surface area contributed by atoms with Crippen LogP contribution in [0.1, 0.15) is 18.1 Å². The lowest BCUT2D eigenvalue weighted by Gasteiger charge is -2.20. The molecule has 2 rings (SSSR count). The van der Waals surface area contributed by atoms with Crippen LogP contribution >= 0.6 is 0 Å². The van der Waals surface area contributed by atoms with E-state index in [1.54, 1.807) is 13.0 Å². The third-order valence-electron chi connectivity index (χ3n) is 2.70. The van der Waals surface area contributed by atoms with Crippen LogP contribution in [0.4, 0.5) is 4.39 Å². The van der Waals surface area contributed by atoms with Gasteiger partial charge < -0.3 is 4.74 Å². The van der Waals surface area contributed by atoms with Crippen LogP contribution in [0.25, 0.3) is 0 Å². The molecule has 0 N–H and O–H groups in total. The Balaban J connectivity index is 2.39.